The number of nitrogens with one attached hydrogen (secondary N) is 1. The largest absolute Gasteiger partial charge is 0.316 e. The van der Waals surface area contributed by atoms with Crippen molar-refractivity contribution in [3.63, 3.8) is 0 Å². The van der Waals surface area contributed by atoms with Crippen LogP contribution in [0.1, 0.15) is 0 Å². The van der Waals surface area contributed by atoms with Crippen molar-refractivity contribution in [1.82, 2.24) is 13.9 Å². The van der Waals surface area contributed by atoms with Crippen LogP contribution in [0, 0.1) is 11.8 Å². The standard InChI is InChI=1S/C8H17N3O2S.ClH/c1-10(2)14(12,13)11-5-7-3-9-4-8(7)6-11;/h7-9H,3-6H2,1-2H3;1H/t7-,8+;. The number of hydrogen-bond acceptors (Lipinski definition) is 3. The van der Waals surface area contributed by atoms with E-state index in [0.717, 1.165) is 13.1 Å². The van der Waals surface area contributed by atoms with Gasteiger partial charge in [-0.1, -0.05) is 0 Å². The van der Waals surface area contributed by atoms with Gasteiger partial charge >= 0.3 is 0 Å². The molecule has 0 radical (unpaired) electrons. The predicted molar refractivity (Wildman–Crippen MR) is 61.3 cm³/mol. The van der Waals surface area contributed by atoms with E-state index in [0.29, 0.717) is 24.9 Å². The van der Waals surface area contributed by atoms with Crippen molar-refractivity contribution >= 4 is 22.6 Å². The summed E-state index contributed by atoms with van der Waals surface area (Å²) in [5, 5.41) is 3.29. The summed E-state index contributed by atoms with van der Waals surface area (Å²) in [4.78, 5) is 0. The second kappa shape index (κ2) is 4.55. The van der Waals surface area contributed by atoms with Crippen molar-refractivity contribution in [3.8, 4) is 0 Å². The molecule has 0 saturated carbocycles. The van der Waals surface area contributed by atoms with Gasteiger partial charge in [-0.15, -0.1) is 12.4 Å². The molecule has 1 N–H and O–H groups in total. The molecule has 2 aliphatic rings. The molecule has 7 heteroatoms. The number of fused-ring (bicyclic) bond motifs is 1. The van der Waals surface area contributed by atoms with Crippen molar-refractivity contribution in [2.75, 3.05) is 40.3 Å². The Morgan fingerprint density at radius 1 is 1.20 bits per heavy atom. The Labute approximate surface area is 97.4 Å². The Kier molecular flexibility index (Phi) is 4.00. The molecule has 0 spiro atoms. The van der Waals surface area contributed by atoms with Crippen LogP contribution in [0.25, 0.3) is 0 Å². The lowest BCUT2D eigenvalue weighted by molar-refractivity contribution is 0.403. The zero-order valence-corrected chi connectivity index (χ0v) is 10.6. The van der Waals surface area contributed by atoms with Crippen LogP contribution in [0.2, 0.25) is 0 Å². The summed E-state index contributed by atoms with van der Waals surface area (Å²) in [6, 6.07) is 0. The average Bonchev–Trinajstić information content (AvgIpc) is 2.60. The second-order valence-electron chi connectivity index (χ2n) is 4.29. The third kappa shape index (κ3) is 2.29. The molecule has 0 amide bonds. The number of nitrogens with zero attached hydrogens (tertiary/aromatic N) is 2. The molecule has 90 valence electrons. The highest BCUT2D eigenvalue weighted by Gasteiger charge is 2.41. The Morgan fingerprint density at radius 3 is 2.07 bits per heavy atom. The summed E-state index contributed by atoms with van der Waals surface area (Å²) in [5.41, 5.74) is 0. The first kappa shape index (κ1) is 13.2. The highest BCUT2D eigenvalue weighted by atomic mass is 35.5. The minimum atomic E-state index is -3.18. The van der Waals surface area contributed by atoms with E-state index in [2.05, 4.69) is 5.32 Å². The molecule has 15 heavy (non-hydrogen) atoms. The van der Waals surface area contributed by atoms with E-state index in [1.165, 1.54) is 4.31 Å². The third-order valence-corrected chi connectivity index (χ3v) is 5.02. The Hall–Kier alpha value is 0.120. The van der Waals surface area contributed by atoms with Gasteiger partial charge in [0.2, 0.25) is 0 Å². The van der Waals surface area contributed by atoms with E-state index in [1.807, 2.05) is 0 Å². The monoisotopic (exact) mass is 255 g/mol. The minimum Gasteiger partial charge on any atom is -0.316 e. The van der Waals surface area contributed by atoms with E-state index in [-0.39, 0.29) is 12.4 Å². The van der Waals surface area contributed by atoms with Crippen LogP contribution < -0.4 is 5.32 Å². The maximum Gasteiger partial charge on any atom is 0.281 e. The van der Waals surface area contributed by atoms with Gasteiger partial charge < -0.3 is 5.32 Å². The fourth-order valence-corrected chi connectivity index (χ4v) is 3.45. The Balaban J connectivity index is 0.00000112. The van der Waals surface area contributed by atoms with E-state index in [4.69, 9.17) is 0 Å². The van der Waals surface area contributed by atoms with Gasteiger partial charge in [-0.2, -0.15) is 17.0 Å². The van der Waals surface area contributed by atoms with Crippen molar-refractivity contribution in [3.05, 3.63) is 0 Å². The van der Waals surface area contributed by atoms with Gasteiger partial charge in [0.15, 0.2) is 0 Å². The molecule has 2 rings (SSSR count). The molecule has 0 unspecified atom stereocenters. The molecular weight excluding hydrogens is 238 g/mol. The molecule has 0 aromatic carbocycles. The topological polar surface area (TPSA) is 52.7 Å². The van der Waals surface area contributed by atoms with Gasteiger partial charge in [-0.25, -0.2) is 0 Å². The molecule has 0 aromatic heterocycles. The van der Waals surface area contributed by atoms with Crippen LogP contribution in [-0.4, -0.2) is 57.3 Å². The summed E-state index contributed by atoms with van der Waals surface area (Å²) in [7, 11) is -0.00976. The van der Waals surface area contributed by atoms with Gasteiger partial charge in [-0.05, 0) is 24.9 Å². The summed E-state index contributed by atoms with van der Waals surface area (Å²) in [6.45, 7) is 3.28. The molecule has 2 heterocycles. The van der Waals surface area contributed by atoms with Crippen LogP contribution in [0.3, 0.4) is 0 Å². The van der Waals surface area contributed by atoms with Gasteiger partial charge in [0.05, 0.1) is 0 Å². The van der Waals surface area contributed by atoms with Crippen LogP contribution in [0.4, 0.5) is 0 Å². The first-order valence-electron chi connectivity index (χ1n) is 4.90. The van der Waals surface area contributed by atoms with Crippen LogP contribution in [-0.2, 0) is 10.2 Å². The first-order valence-corrected chi connectivity index (χ1v) is 6.30. The molecule has 0 bridgehead atoms. The highest BCUT2D eigenvalue weighted by molar-refractivity contribution is 7.86. The smallest absolute Gasteiger partial charge is 0.281 e. The van der Waals surface area contributed by atoms with E-state index < -0.39 is 10.2 Å². The molecule has 2 fully saturated rings. The summed E-state index contributed by atoms with van der Waals surface area (Å²) in [6.07, 6.45) is 0. The van der Waals surface area contributed by atoms with Gasteiger partial charge in [0, 0.05) is 27.2 Å². The molecule has 2 aliphatic heterocycles. The fourth-order valence-electron chi connectivity index (χ4n) is 2.23. The summed E-state index contributed by atoms with van der Waals surface area (Å²) < 4.78 is 26.5. The normalized spacial score (nSPS) is 31.7. The molecule has 2 saturated heterocycles. The lowest BCUT2D eigenvalue weighted by Crippen LogP contribution is -2.39. The number of hydrogen-bond donors (Lipinski definition) is 1. The maximum absolute atomic E-state index is 11.8. The zero-order valence-electron chi connectivity index (χ0n) is 9.01. The molecule has 0 aliphatic carbocycles. The molecule has 2 atom stereocenters. The van der Waals surface area contributed by atoms with E-state index >= 15 is 0 Å². The van der Waals surface area contributed by atoms with Crippen molar-refractivity contribution in [1.29, 1.82) is 0 Å². The molecular formula is C8H18ClN3O2S. The Morgan fingerprint density at radius 2 is 1.67 bits per heavy atom. The predicted octanol–water partition coefficient (Wildman–Crippen LogP) is -0.634. The van der Waals surface area contributed by atoms with Crippen LogP contribution >= 0.6 is 12.4 Å². The number of halogens is 1. The quantitative estimate of drug-likeness (QED) is 0.715. The summed E-state index contributed by atoms with van der Waals surface area (Å²) >= 11 is 0. The summed E-state index contributed by atoms with van der Waals surface area (Å²) in [5.74, 6) is 1.04. The lowest BCUT2D eigenvalue weighted by atomic mass is 10.0. The van der Waals surface area contributed by atoms with Gasteiger partial charge in [0.1, 0.15) is 0 Å². The fraction of sp³-hybridized carbons (Fsp3) is 1.00. The lowest BCUT2D eigenvalue weighted by Gasteiger charge is -2.21. The van der Waals surface area contributed by atoms with Gasteiger partial charge in [-0.3, -0.25) is 0 Å². The Bertz CT molecular complexity index is 308. The highest BCUT2D eigenvalue weighted by Crippen LogP contribution is 2.28. The van der Waals surface area contributed by atoms with Gasteiger partial charge in [0.25, 0.3) is 10.2 Å². The minimum absolute atomic E-state index is 0. The second-order valence-corrected chi connectivity index (χ2v) is 6.43. The van der Waals surface area contributed by atoms with E-state index in [9.17, 15) is 8.42 Å². The van der Waals surface area contributed by atoms with Crippen molar-refractivity contribution in [2.45, 2.75) is 0 Å². The van der Waals surface area contributed by atoms with E-state index in [1.54, 1.807) is 18.4 Å². The van der Waals surface area contributed by atoms with Crippen LogP contribution in [0.5, 0.6) is 0 Å². The average molecular weight is 256 g/mol. The third-order valence-electron chi connectivity index (χ3n) is 3.14. The number of rotatable bonds is 2. The van der Waals surface area contributed by atoms with Crippen LogP contribution in [0.15, 0.2) is 0 Å². The maximum atomic E-state index is 11.8. The first-order chi connectivity index (χ1) is 6.51. The molecule has 5 nitrogen and oxygen atoms in total. The van der Waals surface area contributed by atoms with Crippen molar-refractivity contribution in [2.24, 2.45) is 11.8 Å². The molecule has 0 aromatic rings. The zero-order chi connectivity index (χ0) is 10.3. The van der Waals surface area contributed by atoms with Crippen molar-refractivity contribution < 1.29 is 8.42 Å². The SMILES string of the molecule is CN(C)S(=O)(=O)N1C[C@H]2CNC[C@H]2C1.Cl.